The van der Waals surface area contributed by atoms with Gasteiger partial charge in [0.05, 0.1) is 5.69 Å². The Morgan fingerprint density at radius 3 is 2.61 bits per heavy atom. The van der Waals surface area contributed by atoms with E-state index in [0.29, 0.717) is 5.69 Å². The molecule has 1 fully saturated rings. The summed E-state index contributed by atoms with van der Waals surface area (Å²) in [7, 11) is -4.66. The summed E-state index contributed by atoms with van der Waals surface area (Å²) in [5.74, 6) is -0.358. The second-order valence-corrected chi connectivity index (χ2v) is 7.04. The zero-order valence-electron chi connectivity index (χ0n) is 9.56. The van der Waals surface area contributed by atoms with Gasteiger partial charge in [0, 0.05) is 16.5 Å². The zero-order chi connectivity index (χ0) is 13.5. The van der Waals surface area contributed by atoms with Crippen LogP contribution >= 0.6 is 22.6 Å². The molecule has 1 heterocycles. The van der Waals surface area contributed by atoms with Gasteiger partial charge in [-0.3, -0.25) is 4.79 Å². The molecule has 1 aliphatic rings. The standard InChI is InChI=1S/C11H11FINO3S/c1-7-2-3-10(9(13)4-7)14-6-8(5-11(14)15)18(12,16)17/h2-4,8H,5-6H2,1H3. The fourth-order valence-electron chi connectivity index (χ4n) is 1.93. The predicted molar refractivity (Wildman–Crippen MR) is 74.7 cm³/mol. The molecule has 1 amide bonds. The van der Waals surface area contributed by atoms with Gasteiger partial charge < -0.3 is 4.90 Å². The monoisotopic (exact) mass is 383 g/mol. The molecule has 0 aromatic heterocycles. The van der Waals surface area contributed by atoms with Crippen molar-refractivity contribution in [1.82, 2.24) is 0 Å². The molecule has 1 aromatic rings. The molecule has 0 spiro atoms. The van der Waals surface area contributed by atoms with Crippen LogP contribution in [0.15, 0.2) is 18.2 Å². The lowest BCUT2D eigenvalue weighted by Gasteiger charge is -2.18. The maximum Gasteiger partial charge on any atom is 0.307 e. The number of halogens is 2. The van der Waals surface area contributed by atoms with Crippen molar-refractivity contribution >= 4 is 44.4 Å². The first-order valence-electron chi connectivity index (χ1n) is 5.29. The van der Waals surface area contributed by atoms with Crippen LogP contribution in [0.1, 0.15) is 12.0 Å². The molecular formula is C11H11FINO3S. The molecule has 0 N–H and O–H groups in total. The third kappa shape index (κ3) is 2.66. The first kappa shape index (κ1) is 13.7. The van der Waals surface area contributed by atoms with Gasteiger partial charge in [-0.05, 0) is 47.2 Å². The van der Waals surface area contributed by atoms with E-state index in [0.717, 1.165) is 9.13 Å². The minimum absolute atomic E-state index is 0.114. The molecule has 4 nitrogen and oxygen atoms in total. The maximum atomic E-state index is 12.9. The second-order valence-electron chi connectivity index (χ2n) is 4.26. The molecule has 1 unspecified atom stereocenters. The summed E-state index contributed by atoms with van der Waals surface area (Å²) >= 11 is 2.08. The van der Waals surface area contributed by atoms with Crippen LogP contribution in [-0.2, 0) is 15.0 Å². The molecule has 0 bridgehead atoms. The molecule has 1 saturated heterocycles. The normalized spacial score (nSPS) is 20.5. The summed E-state index contributed by atoms with van der Waals surface area (Å²) < 4.78 is 35.5. The first-order valence-corrected chi connectivity index (χ1v) is 7.81. The van der Waals surface area contributed by atoms with Gasteiger partial charge in [0.15, 0.2) is 0 Å². The SMILES string of the molecule is Cc1ccc(N2CC(S(=O)(=O)F)CC2=O)c(I)c1. The third-order valence-electron chi connectivity index (χ3n) is 2.88. The highest BCUT2D eigenvalue weighted by Gasteiger charge is 2.39. The van der Waals surface area contributed by atoms with Crippen molar-refractivity contribution < 1.29 is 17.1 Å². The lowest BCUT2D eigenvalue weighted by molar-refractivity contribution is -0.117. The Morgan fingerprint density at radius 2 is 2.11 bits per heavy atom. The quantitative estimate of drug-likeness (QED) is 0.580. The minimum atomic E-state index is -4.66. The van der Waals surface area contributed by atoms with Crippen molar-refractivity contribution in [2.24, 2.45) is 0 Å². The van der Waals surface area contributed by atoms with E-state index in [4.69, 9.17) is 0 Å². The molecule has 0 radical (unpaired) electrons. The molecule has 98 valence electrons. The number of amides is 1. The van der Waals surface area contributed by atoms with Gasteiger partial charge in [0.2, 0.25) is 5.91 Å². The number of anilines is 1. The summed E-state index contributed by atoms with van der Waals surface area (Å²) in [4.78, 5) is 13.1. The summed E-state index contributed by atoms with van der Waals surface area (Å²) in [6.45, 7) is 1.81. The Balaban J connectivity index is 2.33. The average molecular weight is 383 g/mol. The van der Waals surface area contributed by atoms with Crippen molar-refractivity contribution in [3.8, 4) is 0 Å². The van der Waals surface area contributed by atoms with Gasteiger partial charge >= 0.3 is 10.2 Å². The summed E-state index contributed by atoms with van der Waals surface area (Å²) in [5, 5.41) is -1.25. The van der Waals surface area contributed by atoms with Gasteiger partial charge in [-0.15, -0.1) is 3.89 Å². The highest BCUT2D eigenvalue weighted by molar-refractivity contribution is 14.1. The number of benzene rings is 1. The van der Waals surface area contributed by atoms with E-state index < -0.39 is 15.5 Å². The maximum absolute atomic E-state index is 12.9. The van der Waals surface area contributed by atoms with Gasteiger partial charge in [-0.25, -0.2) is 0 Å². The van der Waals surface area contributed by atoms with Crippen LogP contribution in [0.5, 0.6) is 0 Å². The molecule has 0 aliphatic carbocycles. The molecule has 1 aromatic carbocycles. The second kappa shape index (κ2) is 4.76. The van der Waals surface area contributed by atoms with Crippen LogP contribution in [0.3, 0.4) is 0 Å². The Labute approximate surface area is 119 Å². The molecule has 0 saturated carbocycles. The Bertz CT molecular complexity index is 602. The number of hydrogen-bond acceptors (Lipinski definition) is 3. The van der Waals surface area contributed by atoms with Crippen molar-refractivity contribution in [3.05, 3.63) is 27.3 Å². The highest BCUT2D eigenvalue weighted by atomic mass is 127. The van der Waals surface area contributed by atoms with Crippen molar-refractivity contribution in [2.45, 2.75) is 18.6 Å². The van der Waals surface area contributed by atoms with E-state index >= 15 is 0 Å². The lowest BCUT2D eigenvalue weighted by Crippen LogP contribution is -2.27. The van der Waals surface area contributed by atoms with E-state index in [1.54, 1.807) is 6.07 Å². The van der Waals surface area contributed by atoms with E-state index in [1.165, 1.54) is 4.90 Å². The summed E-state index contributed by atoms with van der Waals surface area (Å²) in [6.07, 6.45) is -0.289. The van der Waals surface area contributed by atoms with Gasteiger partial charge in [-0.2, -0.15) is 8.42 Å². The van der Waals surface area contributed by atoms with Crippen molar-refractivity contribution in [2.75, 3.05) is 11.4 Å². The van der Waals surface area contributed by atoms with Crippen LogP contribution in [-0.4, -0.2) is 26.1 Å². The number of nitrogens with zero attached hydrogens (tertiary/aromatic N) is 1. The smallest absolute Gasteiger partial charge is 0.307 e. The van der Waals surface area contributed by atoms with E-state index in [1.807, 2.05) is 19.1 Å². The third-order valence-corrected chi connectivity index (χ3v) is 4.86. The molecule has 1 aliphatic heterocycles. The van der Waals surface area contributed by atoms with Gasteiger partial charge in [0.25, 0.3) is 0 Å². The summed E-state index contributed by atoms with van der Waals surface area (Å²) in [6, 6.07) is 5.48. The zero-order valence-corrected chi connectivity index (χ0v) is 12.5. The number of aryl methyl sites for hydroxylation is 1. The van der Waals surface area contributed by atoms with E-state index in [-0.39, 0.29) is 18.9 Å². The van der Waals surface area contributed by atoms with Crippen LogP contribution in [0.25, 0.3) is 0 Å². The van der Waals surface area contributed by atoms with Crippen LogP contribution in [0.2, 0.25) is 0 Å². The molecule has 2 rings (SSSR count). The van der Waals surface area contributed by atoms with Crippen molar-refractivity contribution in [1.29, 1.82) is 0 Å². The Kier molecular flexibility index (Phi) is 3.63. The Hall–Kier alpha value is -0.700. The van der Waals surface area contributed by atoms with Crippen LogP contribution < -0.4 is 4.90 Å². The largest absolute Gasteiger partial charge is 0.310 e. The van der Waals surface area contributed by atoms with Crippen LogP contribution in [0, 0.1) is 10.5 Å². The molecule has 7 heteroatoms. The molecular weight excluding hydrogens is 372 g/mol. The number of carbonyl (C=O) groups is 1. The number of carbonyl (C=O) groups excluding carboxylic acids is 1. The number of hydrogen-bond donors (Lipinski definition) is 0. The van der Waals surface area contributed by atoms with Crippen molar-refractivity contribution in [3.63, 3.8) is 0 Å². The molecule has 1 atom stereocenters. The fraction of sp³-hybridized carbons (Fsp3) is 0.364. The van der Waals surface area contributed by atoms with E-state index in [2.05, 4.69) is 22.6 Å². The highest BCUT2D eigenvalue weighted by Crippen LogP contribution is 2.30. The van der Waals surface area contributed by atoms with E-state index in [9.17, 15) is 17.1 Å². The van der Waals surface area contributed by atoms with Gasteiger partial charge in [0.1, 0.15) is 5.25 Å². The predicted octanol–water partition coefficient (Wildman–Crippen LogP) is 2.00. The minimum Gasteiger partial charge on any atom is -0.310 e. The topological polar surface area (TPSA) is 54.5 Å². The first-order chi connectivity index (χ1) is 8.29. The van der Waals surface area contributed by atoms with Crippen LogP contribution in [0.4, 0.5) is 9.57 Å². The van der Waals surface area contributed by atoms with Gasteiger partial charge in [-0.1, -0.05) is 6.07 Å². The molecule has 18 heavy (non-hydrogen) atoms. The Morgan fingerprint density at radius 1 is 1.44 bits per heavy atom. The summed E-state index contributed by atoms with van der Waals surface area (Å²) in [5.41, 5.74) is 1.68. The fourth-order valence-corrected chi connectivity index (χ4v) is 3.56. The lowest BCUT2D eigenvalue weighted by atomic mass is 10.2. The average Bonchev–Trinajstić information content (AvgIpc) is 2.60. The number of rotatable bonds is 2.